The summed E-state index contributed by atoms with van der Waals surface area (Å²) in [7, 11) is 1.18. The Kier molecular flexibility index (Phi) is 6.87. The minimum Gasteiger partial charge on any atom is -0.463 e. The van der Waals surface area contributed by atoms with E-state index < -0.39 is 48.4 Å². The summed E-state index contributed by atoms with van der Waals surface area (Å²) >= 11 is 0. The van der Waals surface area contributed by atoms with Crippen molar-refractivity contribution in [1.82, 2.24) is 15.2 Å². The van der Waals surface area contributed by atoms with Gasteiger partial charge in [0.05, 0.1) is 7.11 Å². The second kappa shape index (κ2) is 9.12. The van der Waals surface area contributed by atoms with Crippen LogP contribution >= 0.6 is 0 Å². The lowest BCUT2D eigenvalue weighted by atomic mass is 10.1. The number of esters is 4. The van der Waals surface area contributed by atoms with Gasteiger partial charge in [-0.3, -0.25) is 19.5 Å². The molecule has 0 aromatic carbocycles. The van der Waals surface area contributed by atoms with E-state index >= 15 is 0 Å². The Morgan fingerprint density at radius 1 is 1.07 bits per heavy atom. The molecule has 13 nitrogen and oxygen atoms in total. The third-order valence-corrected chi connectivity index (χ3v) is 3.50. The van der Waals surface area contributed by atoms with Gasteiger partial charge in [0.15, 0.2) is 18.4 Å². The van der Waals surface area contributed by atoms with Gasteiger partial charge in [-0.25, -0.2) is 4.79 Å². The number of H-pyrrole nitrogens is 1. The van der Waals surface area contributed by atoms with Crippen LogP contribution in [0.15, 0.2) is 0 Å². The fourth-order valence-corrected chi connectivity index (χ4v) is 2.47. The molecule has 0 saturated carbocycles. The summed E-state index contributed by atoms with van der Waals surface area (Å²) in [5.74, 6) is -2.84. The van der Waals surface area contributed by atoms with E-state index in [9.17, 15) is 19.2 Å². The van der Waals surface area contributed by atoms with Crippen molar-refractivity contribution in [2.24, 2.45) is 0 Å². The van der Waals surface area contributed by atoms with Gasteiger partial charge in [-0.1, -0.05) is 0 Å². The van der Waals surface area contributed by atoms with Gasteiger partial charge in [0.2, 0.25) is 11.8 Å². The first-order chi connectivity index (χ1) is 13.2. The zero-order chi connectivity index (χ0) is 20.8. The van der Waals surface area contributed by atoms with E-state index in [0.29, 0.717) is 0 Å². The molecule has 1 fully saturated rings. The van der Waals surface area contributed by atoms with Crippen molar-refractivity contribution in [3.05, 3.63) is 5.82 Å². The molecule has 1 aromatic rings. The molecule has 28 heavy (non-hydrogen) atoms. The Bertz CT molecular complexity index is 750. The molecule has 0 amide bonds. The Morgan fingerprint density at radius 2 is 1.71 bits per heavy atom. The van der Waals surface area contributed by atoms with E-state index in [4.69, 9.17) is 18.9 Å². The van der Waals surface area contributed by atoms with Crippen molar-refractivity contribution in [2.45, 2.75) is 45.3 Å². The number of hydrogen-bond acceptors (Lipinski definition) is 12. The average molecular weight is 400 g/mol. The largest absolute Gasteiger partial charge is 0.463 e. The molecule has 0 radical (unpaired) electrons. The summed E-state index contributed by atoms with van der Waals surface area (Å²) in [5, 5.41) is 8.87. The van der Waals surface area contributed by atoms with Crippen molar-refractivity contribution >= 4 is 29.8 Å². The Balaban J connectivity index is 2.22. The first-order valence-electron chi connectivity index (χ1n) is 8.11. The van der Waals surface area contributed by atoms with E-state index in [1.54, 1.807) is 0 Å². The minimum atomic E-state index is -1.10. The highest BCUT2D eigenvalue weighted by molar-refractivity contribution is 5.85. The van der Waals surface area contributed by atoms with Crippen molar-refractivity contribution < 1.29 is 42.9 Å². The molecule has 1 saturated heterocycles. The Morgan fingerprint density at radius 3 is 2.29 bits per heavy atom. The van der Waals surface area contributed by atoms with E-state index in [1.165, 1.54) is 27.9 Å². The van der Waals surface area contributed by atoms with Crippen LogP contribution in [0.3, 0.4) is 0 Å². The van der Waals surface area contributed by atoms with Crippen LogP contribution in [0, 0.1) is 0 Å². The number of rotatable bonds is 7. The number of aromatic amines is 1. The topological polar surface area (TPSA) is 168 Å². The molecule has 0 bridgehead atoms. The molecule has 4 atom stereocenters. The summed E-state index contributed by atoms with van der Waals surface area (Å²) in [6.45, 7) is 3.30. The van der Waals surface area contributed by atoms with E-state index in [0.717, 1.165) is 0 Å². The molecule has 154 valence electrons. The highest BCUT2D eigenvalue weighted by atomic mass is 16.7. The van der Waals surface area contributed by atoms with Gasteiger partial charge < -0.3 is 29.0 Å². The summed E-state index contributed by atoms with van der Waals surface area (Å²) in [5.41, 5.74) is 0. The number of carbonyl (C=O) groups is 4. The molecule has 1 aliphatic rings. The molecule has 0 spiro atoms. The number of nitrogens with zero attached hydrogens (tertiary/aromatic N) is 2. The van der Waals surface area contributed by atoms with Gasteiger partial charge in [-0.2, -0.15) is 4.98 Å². The van der Waals surface area contributed by atoms with Crippen molar-refractivity contribution in [1.29, 1.82) is 0 Å². The number of aromatic nitrogens is 3. The summed E-state index contributed by atoms with van der Waals surface area (Å²) < 4.78 is 25.5. The molecule has 0 aliphatic carbocycles. The number of carbonyl (C=O) groups excluding carboxylic acids is 4. The van der Waals surface area contributed by atoms with Crippen LogP contribution in [0.2, 0.25) is 0 Å². The lowest BCUT2D eigenvalue weighted by Gasteiger charge is -2.23. The van der Waals surface area contributed by atoms with Gasteiger partial charge >= 0.3 is 23.9 Å². The van der Waals surface area contributed by atoms with Gasteiger partial charge in [0, 0.05) is 20.8 Å². The third-order valence-electron chi connectivity index (χ3n) is 3.50. The monoisotopic (exact) mass is 400 g/mol. The maximum atomic E-state index is 11.5. The molecule has 2 rings (SSSR count). The first-order valence-corrected chi connectivity index (χ1v) is 8.11. The van der Waals surface area contributed by atoms with E-state index in [1.807, 2.05) is 0 Å². The summed E-state index contributed by atoms with van der Waals surface area (Å²) in [6.07, 6.45) is -4.14. The lowest BCUT2D eigenvalue weighted by Crippen LogP contribution is -2.43. The molecule has 2 heterocycles. The smallest absolute Gasteiger partial charge is 0.375 e. The zero-order valence-corrected chi connectivity index (χ0v) is 15.6. The van der Waals surface area contributed by atoms with Crippen molar-refractivity contribution in [3.8, 4) is 0 Å². The maximum Gasteiger partial charge on any atom is 0.375 e. The number of anilines is 1. The van der Waals surface area contributed by atoms with Crippen LogP contribution < -0.4 is 5.32 Å². The van der Waals surface area contributed by atoms with Crippen LogP contribution in [0.25, 0.3) is 0 Å². The van der Waals surface area contributed by atoms with Gasteiger partial charge in [-0.05, 0) is 0 Å². The third kappa shape index (κ3) is 5.39. The van der Waals surface area contributed by atoms with Crippen LogP contribution in [0.5, 0.6) is 0 Å². The number of hydrogen-bond donors (Lipinski definition) is 2. The highest BCUT2D eigenvalue weighted by Crippen LogP contribution is 2.28. The summed E-state index contributed by atoms with van der Waals surface area (Å²) in [6, 6.07) is 0. The average Bonchev–Trinajstić information content (AvgIpc) is 3.19. The summed E-state index contributed by atoms with van der Waals surface area (Å²) in [4.78, 5) is 49.4. The standard InChI is InChI=1S/C15H20N4O9/c1-6(20)25-5-9-10(26-7(2)21)11(27-8(3)22)13(28-9)17-15-16-12(18-19-15)14(23)24-4/h9-11,13H,5H2,1-4H3,(H2,16,17,18,19)/t9-,10-,11-,13?/m1/s1. The molecular formula is C15H20N4O9. The second-order valence-corrected chi connectivity index (χ2v) is 5.69. The second-order valence-electron chi connectivity index (χ2n) is 5.69. The fourth-order valence-electron chi connectivity index (χ4n) is 2.47. The van der Waals surface area contributed by atoms with Gasteiger partial charge in [-0.15, -0.1) is 5.10 Å². The van der Waals surface area contributed by atoms with Crippen molar-refractivity contribution in [2.75, 3.05) is 19.0 Å². The first kappa shape index (κ1) is 21.1. The number of ether oxygens (including phenoxy) is 5. The molecular weight excluding hydrogens is 380 g/mol. The van der Waals surface area contributed by atoms with Gasteiger partial charge in [0.1, 0.15) is 12.7 Å². The molecule has 1 unspecified atom stereocenters. The predicted molar refractivity (Wildman–Crippen MR) is 87.7 cm³/mol. The SMILES string of the molecule is COC(=O)c1nc(NC2O[C@H](COC(C)=O)[C@@H](OC(C)=O)[C@H]2OC(C)=O)n[nH]1. The Hall–Kier alpha value is -3.22. The number of methoxy groups -OCH3 is 1. The zero-order valence-electron chi connectivity index (χ0n) is 15.6. The lowest BCUT2D eigenvalue weighted by molar-refractivity contribution is -0.165. The molecule has 1 aliphatic heterocycles. The van der Waals surface area contributed by atoms with E-state index in [2.05, 4.69) is 25.2 Å². The molecule has 1 aromatic heterocycles. The Labute approximate surface area is 159 Å². The maximum absolute atomic E-state index is 11.5. The normalized spacial score (nSPS) is 23.6. The number of nitrogens with one attached hydrogen (secondary N) is 2. The van der Waals surface area contributed by atoms with Crippen LogP contribution in [-0.2, 0) is 38.1 Å². The fraction of sp³-hybridized carbons (Fsp3) is 0.600. The molecule has 2 N–H and O–H groups in total. The van der Waals surface area contributed by atoms with Crippen LogP contribution in [0.1, 0.15) is 31.4 Å². The highest BCUT2D eigenvalue weighted by Gasteiger charge is 2.50. The predicted octanol–water partition coefficient (Wildman–Crippen LogP) is -0.845. The van der Waals surface area contributed by atoms with Gasteiger partial charge in [0.25, 0.3) is 0 Å². The van der Waals surface area contributed by atoms with Crippen LogP contribution in [0.4, 0.5) is 5.95 Å². The molecule has 13 heteroatoms. The quantitative estimate of drug-likeness (QED) is 0.430. The van der Waals surface area contributed by atoms with E-state index in [-0.39, 0.29) is 18.4 Å². The minimum absolute atomic E-state index is 0.0581. The van der Waals surface area contributed by atoms with Crippen LogP contribution in [-0.4, -0.2) is 77.3 Å². The van der Waals surface area contributed by atoms with Crippen molar-refractivity contribution in [3.63, 3.8) is 0 Å².